The number of carbonyl (C=O) groups is 3. The Morgan fingerprint density at radius 2 is 2.10 bits per heavy atom. The van der Waals surface area contributed by atoms with E-state index >= 15 is 0 Å². The second kappa shape index (κ2) is 8.53. The van der Waals surface area contributed by atoms with E-state index < -0.39 is 17.9 Å². The van der Waals surface area contributed by atoms with Gasteiger partial charge in [-0.15, -0.1) is 0 Å². The summed E-state index contributed by atoms with van der Waals surface area (Å²) >= 11 is 4.62. The van der Waals surface area contributed by atoms with Crippen LogP contribution in [0.25, 0.3) is 0 Å². The molecule has 1 aliphatic heterocycles. The average Bonchev–Trinajstić information content (AvgIpc) is 2.49. The Hall–Kier alpha value is -1.74. The molecule has 9 heteroatoms. The summed E-state index contributed by atoms with van der Waals surface area (Å²) in [6, 6.07) is -0.798. The minimum absolute atomic E-state index is 0.0586. The zero-order valence-corrected chi connectivity index (χ0v) is 12.7. The number of rotatable bonds is 5. The lowest BCUT2D eigenvalue weighted by atomic mass is 10.2. The zero-order chi connectivity index (χ0) is 15.8. The van der Waals surface area contributed by atoms with Crippen LogP contribution in [0.5, 0.6) is 0 Å². The van der Waals surface area contributed by atoms with Gasteiger partial charge in [0.25, 0.3) is 0 Å². The third kappa shape index (κ3) is 5.27. The van der Waals surface area contributed by atoms with Crippen molar-refractivity contribution in [2.24, 2.45) is 5.73 Å². The quantitative estimate of drug-likeness (QED) is 0.405. The van der Waals surface area contributed by atoms with Crippen LogP contribution in [0.15, 0.2) is 0 Å². The molecule has 1 aliphatic rings. The first-order valence-corrected chi connectivity index (χ1v) is 7.10. The van der Waals surface area contributed by atoms with Crippen molar-refractivity contribution in [1.82, 2.24) is 15.5 Å². The van der Waals surface area contributed by atoms with E-state index in [9.17, 15) is 14.4 Å². The Balaban J connectivity index is 2.67. The summed E-state index contributed by atoms with van der Waals surface area (Å²) in [5.41, 5.74) is 5.26. The first-order valence-electron chi connectivity index (χ1n) is 6.70. The molecule has 0 aromatic carbocycles. The van der Waals surface area contributed by atoms with E-state index in [1.807, 2.05) is 6.92 Å². The van der Waals surface area contributed by atoms with Gasteiger partial charge in [0.2, 0.25) is 5.91 Å². The topological polar surface area (TPSA) is 114 Å². The van der Waals surface area contributed by atoms with Crippen molar-refractivity contribution in [3.05, 3.63) is 0 Å². The van der Waals surface area contributed by atoms with Gasteiger partial charge in [-0.1, -0.05) is 19.1 Å². The summed E-state index contributed by atoms with van der Waals surface area (Å²) in [7, 11) is 0. The van der Waals surface area contributed by atoms with Gasteiger partial charge in [0.15, 0.2) is 0 Å². The summed E-state index contributed by atoms with van der Waals surface area (Å²) in [5, 5.41) is 5.00. The molecular formula is C12H20N4O4S. The monoisotopic (exact) mass is 316 g/mol. The third-order valence-electron chi connectivity index (χ3n) is 2.86. The highest BCUT2D eigenvalue weighted by atomic mass is 32.1. The molecule has 0 bridgehead atoms. The van der Waals surface area contributed by atoms with Crippen molar-refractivity contribution >= 4 is 34.9 Å². The van der Waals surface area contributed by atoms with Crippen molar-refractivity contribution in [1.29, 1.82) is 0 Å². The van der Waals surface area contributed by atoms with Crippen LogP contribution in [0.3, 0.4) is 0 Å². The van der Waals surface area contributed by atoms with Gasteiger partial charge in [0.1, 0.15) is 6.04 Å². The lowest BCUT2D eigenvalue weighted by Gasteiger charge is -2.33. The van der Waals surface area contributed by atoms with Crippen LogP contribution in [0.2, 0.25) is 0 Å². The Morgan fingerprint density at radius 1 is 1.38 bits per heavy atom. The lowest BCUT2D eigenvalue weighted by molar-refractivity contribution is -0.155. The fourth-order valence-corrected chi connectivity index (χ4v) is 1.88. The molecule has 0 aliphatic carbocycles. The van der Waals surface area contributed by atoms with Gasteiger partial charge < -0.3 is 26.0 Å². The van der Waals surface area contributed by atoms with Gasteiger partial charge >= 0.3 is 11.8 Å². The highest BCUT2D eigenvalue weighted by Crippen LogP contribution is 2.08. The Kier molecular flexibility index (Phi) is 7.03. The molecule has 1 heterocycles. The van der Waals surface area contributed by atoms with E-state index in [1.165, 1.54) is 4.90 Å². The average molecular weight is 316 g/mol. The van der Waals surface area contributed by atoms with Crippen LogP contribution < -0.4 is 16.4 Å². The minimum atomic E-state index is -0.835. The number of nitrogens with two attached hydrogens (primary N) is 1. The maximum atomic E-state index is 12.1. The molecule has 3 amide bonds. The molecule has 1 rings (SSSR count). The normalized spacial score (nSPS) is 18.0. The summed E-state index contributed by atoms with van der Waals surface area (Å²) in [6.45, 7) is 2.91. The number of hydrogen-bond acceptors (Lipinski definition) is 5. The molecular weight excluding hydrogens is 296 g/mol. The molecule has 4 N–H and O–H groups in total. The fraction of sp³-hybridized carbons (Fsp3) is 0.667. The highest BCUT2D eigenvalue weighted by molar-refractivity contribution is 7.80. The minimum Gasteiger partial charge on any atom is -0.392 e. The van der Waals surface area contributed by atoms with Crippen LogP contribution in [0.4, 0.5) is 0 Å². The largest absolute Gasteiger partial charge is 0.392 e. The first-order chi connectivity index (χ1) is 9.97. The highest BCUT2D eigenvalue weighted by Gasteiger charge is 2.35. The molecule has 0 radical (unpaired) electrons. The molecule has 1 fully saturated rings. The first kappa shape index (κ1) is 17.3. The van der Waals surface area contributed by atoms with Crippen molar-refractivity contribution in [3.63, 3.8) is 0 Å². The summed E-state index contributed by atoms with van der Waals surface area (Å²) in [4.78, 5) is 37.1. The number of nitrogens with one attached hydrogen (secondary N) is 2. The van der Waals surface area contributed by atoms with Crippen molar-refractivity contribution in [2.75, 3.05) is 32.8 Å². The van der Waals surface area contributed by atoms with Gasteiger partial charge in [0.05, 0.1) is 24.7 Å². The maximum absolute atomic E-state index is 12.1. The predicted octanol–water partition coefficient (Wildman–Crippen LogP) is -1.86. The number of morpholine rings is 1. The number of carbonyl (C=O) groups excluding carboxylic acids is 3. The molecule has 1 saturated heterocycles. The van der Waals surface area contributed by atoms with E-state index in [4.69, 9.17) is 10.5 Å². The number of nitrogens with zero attached hydrogens (tertiary/aromatic N) is 1. The van der Waals surface area contributed by atoms with Crippen molar-refractivity contribution < 1.29 is 19.1 Å². The third-order valence-corrected chi connectivity index (χ3v) is 3.00. The standard InChI is InChI=1S/C12H20N4O4S/c1-2-3-14-10(17)8-7-20-5-4-16(8)12(19)11(18)15-6-9(13)21/h8H,2-7H2,1H3,(H2,13,21)(H,14,17)(H,15,18). The zero-order valence-electron chi connectivity index (χ0n) is 11.9. The lowest BCUT2D eigenvalue weighted by Crippen LogP contribution is -2.59. The molecule has 21 heavy (non-hydrogen) atoms. The number of thiocarbonyl (C=S) groups is 1. The van der Waals surface area contributed by atoms with Crippen LogP contribution in [0.1, 0.15) is 13.3 Å². The van der Waals surface area contributed by atoms with Crippen LogP contribution >= 0.6 is 12.2 Å². The van der Waals surface area contributed by atoms with Crippen molar-refractivity contribution in [2.45, 2.75) is 19.4 Å². The molecule has 1 atom stereocenters. The second-order valence-corrected chi connectivity index (χ2v) is 5.05. The smallest absolute Gasteiger partial charge is 0.312 e. The Bertz CT molecular complexity index is 429. The molecule has 8 nitrogen and oxygen atoms in total. The van der Waals surface area contributed by atoms with Crippen LogP contribution in [-0.2, 0) is 19.1 Å². The summed E-state index contributed by atoms with van der Waals surface area (Å²) < 4.78 is 5.21. The van der Waals surface area contributed by atoms with Crippen LogP contribution in [0, 0.1) is 0 Å². The van der Waals surface area contributed by atoms with E-state index in [0.717, 1.165) is 6.42 Å². The Morgan fingerprint density at radius 3 is 2.71 bits per heavy atom. The van der Waals surface area contributed by atoms with E-state index in [0.29, 0.717) is 6.54 Å². The van der Waals surface area contributed by atoms with E-state index in [2.05, 4.69) is 22.9 Å². The van der Waals surface area contributed by atoms with Gasteiger partial charge in [-0.3, -0.25) is 14.4 Å². The molecule has 118 valence electrons. The number of hydrogen-bond donors (Lipinski definition) is 3. The van der Waals surface area contributed by atoms with Crippen molar-refractivity contribution in [3.8, 4) is 0 Å². The van der Waals surface area contributed by atoms with Gasteiger partial charge in [-0.05, 0) is 6.42 Å². The SMILES string of the molecule is CCCNC(=O)C1COCCN1C(=O)C(=O)NCC(N)=S. The van der Waals surface area contributed by atoms with Gasteiger partial charge in [-0.2, -0.15) is 0 Å². The second-order valence-electron chi connectivity index (χ2n) is 4.53. The maximum Gasteiger partial charge on any atom is 0.312 e. The Labute approximate surface area is 128 Å². The van der Waals surface area contributed by atoms with Gasteiger partial charge in [0, 0.05) is 13.1 Å². The summed E-state index contributed by atoms with van der Waals surface area (Å²) in [5.74, 6) is -1.95. The van der Waals surface area contributed by atoms with Gasteiger partial charge in [-0.25, -0.2) is 0 Å². The molecule has 1 unspecified atom stereocenters. The van der Waals surface area contributed by atoms with E-state index in [1.54, 1.807) is 0 Å². The molecule has 0 aromatic heterocycles. The summed E-state index contributed by atoms with van der Waals surface area (Å²) in [6.07, 6.45) is 0.779. The molecule has 0 aromatic rings. The predicted molar refractivity (Wildman–Crippen MR) is 79.4 cm³/mol. The fourth-order valence-electron chi connectivity index (χ4n) is 1.80. The van der Waals surface area contributed by atoms with E-state index in [-0.39, 0.29) is 37.2 Å². The number of amides is 3. The molecule has 0 spiro atoms. The van der Waals surface area contributed by atoms with Crippen LogP contribution in [-0.4, -0.2) is 66.5 Å². The molecule has 0 saturated carbocycles. The number of ether oxygens (including phenoxy) is 1.